The summed E-state index contributed by atoms with van der Waals surface area (Å²) in [4.78, 5) is 2.44. The summed E-state index contributed by atoms with van der Waals surface area (Å²) < 4.78 is 0. The zero-order valence-electron chi connectivity index (χ0n) is 10.5. The second-order valence-electron chi connectivity index (χ2n) is 5.22. The number of hydrogen-bond donors (Lipinski definition) is 1. The van der Waals surface area contributed by atoms with Gasteiger partial charge in [0.05, 0.1) is 0 Å². The molecule has 96 valence electrons. The second kappa shape index (κ2) is 5.33. The molecule has 0 saturated heterocycles. The van der Waals surface area contributed by atoms with E-state index in [9.17, 15) is 0 Å². The van der Waals surface area contributed by atoms with Gasteiger partial charge in [-0.25, -0.2) is 0 Å². The van der Waals surface area contributed by atoms with E-state index >= 15 is 0 Å². The van der Waals surface area contributed by atoms with Crippen molar-refractivity contribution in [3.63, 3.8) is 0 Å². The lowest BCUT2D eigenvalue weighted by Gasteiger charge is -2.26. The van der Waals surface area contributed by atoms with Crippen LogP contribution in [-0.4, -0.2) is 19.1 Å². The molecule has 1 aliphatic heterocycles. The molecule has 2 aliphatic rings. The van der Waals surface area contributed by atoms with E-state index in [0.717, 1.165) is 25.6 Å². The molecule has 3 heteroatoms. The zero-order valence-corrected chi connectivity index (χ0v) is 11.2. The van der Waals surface area contributed by atoms with Crippen LogP contribution in [0.15, 0.2) is 35.9 Å². The van der Waals surface area contributed by atoms with E-state index < -0.39 is 0 Å². The molecule has 18 heavy (non-hydrogen) atoms. The standard InChI is InChI=1S/C15H19ClN2/c16-8-3-9-18-11-14(12-6-7-12)17-10-13-4-1-2-5-15(13)18/h1-5,8,12,14,17H,6-7,9-11H2/b8-3+. The van der Waals surface area contributed by atoms with E-state index in [2.05, 4.69) is 34.5 Å². The molecule has 1 aromatic rings. The summed E-state index contributed by atoms with van der Waals surface area (Å²) in [5.41, 5.74) is 4.36. The van der Waals surface area contributed by atoms with Crippen LogP contribution in [-0.2, 0) is 6.54 Å². The number of anilines is 1. The summed E-state index contributed by atoms with van der Waals surface area (Å²) in [7, 11) is 0. The Hall–Kier alpha value is -0.990. The summed E-state index contributed by atoms with van der Waals surface area (Å²) in [5.74, 6) is 0.877. The third-order valence-corrected chi connectivity index (χ3v) is 4.09. The largest absolute Gasteiger partial charge is 0.366 e. The van der Waals surface area contributed by atoms with Gasteiger partial charge in [0.1, 0.15) is 0 Å². The van der Waals surface area contributed by atoms with Gasteiger partial charge in [0.2, 0.25) is 0 Å². The van der Waals surface area contributed by atoms with Crippen molar-refractivity contribution in [3.8, 4) is 0 Å². The van der Waals surface area contributed by atoms with Gasteiger partial charge in [-0.1, -0.05) is 35.9 Å². The fourth-order valence-electron chi connectivity index (χ4n) is 2.76. The Morgan fingerprint density at radius 3 is 2.94 bits per heavy atom. The second-order valence-corrected chi connectivity index (χ2v) is 5.47. The first-order valence-electron chi connectivity index (χ1n) is 6.70. The maximum absolute atomic E-state index is 5.68. The van der Waals surface area contributed by atoms with Gasteiger partial charge in [-0.3, -0.25) is 0 Å². The van der Waals surface area contributed by atoms with Crippen molar-refractivity contribution >= 4 is 17.3 Å². The van der Waals surface area contributed by atoms with E-state index in [1.54, 1.807) is 5.54 Å². The maximum atomic E-state index is 5.68. The first-order valence-corrected chi connectivity index (χ1v) is 7.13. The SMILES string of the molecule is Cl/C=C/CN1CC(C2CC2)NCc2ccccc21. The van der Waals surface area contributed by atoms with Crippen LogP contribution in [0.2, 0.25) is 0 Å². The summed E-state index contributed by atoms with van der Waals surface area (Å²) in [6.07, 6.45) is 4.79. The van der Waals surface area contributed by atoms with E-state index in [1.165, 1.54) is 24.1 Å². The number of hydrogen-bond acceptors (Lipinski definition) is 2. The molecule has 0 aromatic heterocycles. The van der Waals surface area contributed by atoms with E-state index in [4.69, 9.17) is 11.6 Å². The first kappa shape index (κ1) is 12.1. The fourth-order valence-corrected chi connectivity index (χ4v) is 2.84. The molecule has 1 heterocycles. The van der Waals surface area contributed by atoms with E-state index in [1.807, 2.05) is 6.08 Å². The third kappa shape index (κ3) is 2.55. The number of nitrogens with one attached hydrogen (secondary N) is 1. The van der Waals surface area contributed by atoms with Crippen molar-refractivity contribution in [2.24, 2.45) is 5.92 Å². The smallest absolute Gasteiger partial charge is 0.0415 e. The summed E-state index contributed by atoms with van der Waals surface area (Å²) in [6, 6.07) is 9.30. The number of nitrogens with zero attached hydrogens (tertiary/aromatic N) is 1. The van der Waals surface area contributed by atoms with Crippen LogP contribution in [0.5, 0.6) is 0 Å². The highest BCUT2D eigenvalue weighted by Crippen LogP contribution is 2.35. The number of fused-ring (bicyclic) bond motifs is 1. The van der Waals surface area contributed by atoms with Crippen LogP contribution in [0.25, 0.3) is 0 Å². The van der Waals surface area contributed by atoms with Gasteiger partial charge in [-0.15, -0.1) is 0 Å². The third-order valence-electron chi connectivity index (χ3n) is 3.91. The van der Waals surface area contributed by atoms with Crippen molar-refractivity contribution in [2.45, 2.75) is 25.4 Å². The predicted octanol–water partition coefficient (Wildman–Crippen LogP) is 3.13. The predicted molar refractivity (Wildman–Crippen MR) is 77.0 cm³/mol. The van der Waals surface area contributed by atoms with Crippen LogP contribution in [0.3, 0.4) is 0 Å². The Morgan fingerprint density at radius 2 is 2.17 bits per heavy atom. The molecule has 0 spiro atoms. The molecular formula is C15H19ClN2. The molecular weight excluding hydrogens is 244 g/mol. The lowest BCUT2D eigenvalue weighted by Crippen LogP contribution is -2.39. The Kier molecular flexibility index (Phi) is 3.57. The molecule has 1 saturated carbocycles. The minimum absolute atomic E-state index is 0.626. The highest BCUT2D eigenvalue weighted by Gasteiger charge is 2.33. The van der Waals surface area contributed by atoms with Gasteiger partial charge in [0.25, 0.3) is 0 Å². The molecule has 1 atom stereocenters. The molecule has 0 amide bonds. The number of para-hydroxylation sites is 1. The molecule has 3 rings (SSSR count). The van der Waals surface area contributed by atoms with Crippen LogP contribution >= 0.6 is 11.6 Å². The summed E-state index contributed by atoms with van der Waals surface area (Å²) >= 11 is 5.68. The molecule has 2 nitrogen and oxygen atoms in total. The Bertz CT molecular complexity index is 440. The van der Waals surface area contributed by atoms with E-state index in [0.29, 0.717) is 6.04 Å². The molecule has 0 radical (unpaired) electrons. The summed E-state index contributed by atoms with van der Waals surface area (Å²) in [6.45, 7) is 2.97. The normalized spacial score (nSPS) is 24.1. The van der Waals surface area contributed by atoms with Gasteiger partial charge < -0.3 is 10.2 Å². The van der Waals surface area contributed by atoms with Crippen molar-refractivity contribution in [1.82, 2.24) is 5.32 Å². The van der Waals surface area contributed by atoms with Gasteiger partial charge in [0.15, 0.2) is 0 Å². The first-order chi connectivity index (χ1) is 8.88. The van der Waals surface area contributed by atoms with Gasteiger partial charge in [0, 0.05) is 36.9 Å². The lowest BCUT2D eigenvalue weighted by molar-refractivity contribution is 0.471. The fraction of sp³-hybridized carbons (Fsp3) is 0.467. The maximum Gasteiger partial charge on any atom is 0.0415 e. The molecule has 1 N–H and O–H groups in total. The van der Waals surface area contributed by atoms with Crippen molar-refractivity contribution in [1.29, 1.82) is 0 Å². The Morgan fingerprint density at radius 1 is 1.33 bits per heavy atom. The molecule has 1 aliphatic carbocycles. The molecule has 1 unspecified atom stereocenters. The molecule has 0 bridgehead atoms. The zero-order chi connectivity index (χ0) is 12.4. The Balaban J connectivity index is 1.85. The quantitative estimate of drug-likeness (QED) is 0.900. The minimum atomic E-state index is 0.626. The number of halogens is 1. The van der Waals surface area contributed by atoms with Crippen LogP contribution in [0.1, 0.15) is 18.4 Å². The van der Waals surface area contributed by atoms with Crippen molar-refractivity contribution in [3.05, 3.63) is 41.4 Å². The molecule has 1 aromatic carbocycles. The average Bonchev–Trinajstić information content (AvgIpc) is 3.23. The average molecular weight is 263 g/mol. The van der Waals surface area contributed by atoms with Crippen LogP contribution in [0, 0.1) is 5.92 Å². The monoisotopic (exact) mass is 262 g/mol. The lowest BCUT2D eigenvalue weighted by atomic mass is 10.1. The van der Waals surface area contributed by atoms with Crippen molar-refractivity contribution in [2.75, 3.05) is 18.0 Å². The highest BCUT2D eigenvalue weighted by atomic mass is 35.5. The van der Waals surface area contributed by atoms with Crippen molar-refractivity contribution < 1.29 is 0 Å². The van der Waals surface area contributed by atoms with Gasteiger partial charge >= 0.3 is 0 Å². The van der Waals surface area contributed by atoms with E-state index in [-0.39, 0.29) is 0 Å². The molecule has 1 fully saturated rings. The number of rotatable bonds is 3. The topological polar surface area (TPSA) is 15.3 Å². The summed E-state index contributed by atoms with van der Waals surface area (Å²) in [5, 5.41) is 3.71. The highest BCUT2D eigenvalue weighted by molar-refractivity contribution is 6.25. The van der Waals surface area contributed by atoms with Gasteiger partial charge in [-0.05, 0) is 30.4 Å². The van der Waals surface area contributed by atoms with Crippen LogP contribution in [0.4, 0.5) is 5.69 Å². The number of benzene rings is 1. The Labute approximate surface area is 114 Å². The minimum Gasteiger partial charge on any atom is -0.366 e. The van der Waals surface area contributed by atoms with Crippen LogP contribution < -0.4 is 10.2 Å². The van der Waals surface area contributed by atoms with Gasteiger partial charge in [-0.2, -0.15) is 0 Å².